The fourth-order valence-electron chi connectivity index (χ4n) is 3.97. The molecule has 0 N–H and O–H groups in total. The molecule has 1 aliphatic heterocycles. The number of nitrogens with zero attached hydrogens (tertiary/aromatic N) is 1. The number of likely N-dealkylation sites (tertiary alicyclic amines) is 1. The lowest BCUT2D eigenvalue weighted by Crippen LogP contribution is -2.34. The van der Waals surface area contributed by atoms with Crippen LogP contribution < -0.4 is 14.2 Å². The van der Waals surface area contributed by atoms with Crippen molar-refractivity contribution in [3.63, 3.8) is 0 Å². The predicted molar refractivity (Wildman–Crippen MR) is 113 cm³/mol. The zero-order valence-corrected chi connectivity index (χ0v) is 16.8. The molecule has 1 heterocycles. The molecule has 0 bridgehead atoms. The van der Waals surface area contributed by atoms with Crippen LogP contribution in [0.15, 0.2) is 60.7 Å². The fourth-order valence-corrected chi connectivity index (χ4v) is 3.97. The molecule has 0 aliphatic carbocycles. The number of hydrogen-bond acceptors (Lipinski definition) is 4. The van der Waals surface area contributed by atoms with E-state index in [1.807, 2.05) is 59.5 Å². The van der Waals surface area contributed by atoms with E-state index in [1.165, 1.54) is 0 Å². The average Bonchev–Trinajstić information content (AvgIpc) is 3.26. The second-order valence-electron chi connectivity index (χ2n) is 7.15. The number of ether oxygens (including phenoxy) is 3. The van der Waals surface area contributed by atoms with Crippen LogP contribution >= 0.6 is 0 Å². The lowest BCUT2D eigenvalue weighted by Gasteiger charge is -2.26. The highest BCUT2D eigenvalue weighted by Crippen LogP contribution is 2.39. The highest BCUT2D eigenvalue weighted by atomic mass is 16.5. The summed E-state index contributed by atoms with van der Waals surface area (Å²) in [6.07, 6.45) is 1.85. The molecule has 5 nitrogen and oxygen atoms in total. The quantitative estimate of drug-likeness (QED) is 0.616. The summed E-state index contributed by atoms with van der Waals surface area (Å²) < 4.78 is 16.7. The first kappa shape index (κ1) is 19.1. The van der Waals surface area contributed by atoms with Crippen LogP contribution in [0.1, 0.15) is 24.4 Å². The van der Waals surface area contributed by atoms with E-state index in [0.717, 1.165) is 40.7 Å². The number of carbonyl (C=O) groups is 1. The number of methoxy groups -OCH3 is 2. The van der Waals surface area contributed by atoms with Gasteiger partial charge in [-0.1, -0.05) is 30.3 Å². The zero-order valence-electron chi connectivity index (χ0n) is 16.8. The van der Waals surface area contributed by atoms with Gasteiger partial charge in [-0.05, 0) is 53.9 Å². The average molecular weight is 391 g/mol. The molecule has 0 radical (unpaired) electrons. The maximum Gasteiger partial charge on any atom is 0.261 e. The molecule has 0 spiro atoms. The smallest absolute Gasteiger partial charge is 0.261 e. The summed E-state index contributed by atoms with van der Waals surface area (Å²) in [5.41, 5.74) is 0.975. The Labute approximate surface area is 170 Å². The molecule has 1 fully saturated rings. The molecule has 0 aromatic heterocycles. The van der Waals surface area contributed by atoms with Crippen molar-refractivity contribution in [1.29, 1.82) is 0 Å². The van der Waals surface area contributed by atoms with Crippen molar-refractivity contribution in [1.82, 2.24) is 4.90 Å². The van der Waals surface area contributed by atoms with Gasteiger partial charge in [-0.3, -0.25) is 4.79 Å². The largest absolute Gasteiger partial charge is 0.497 e. The highest BCUT2D eigenvalue weighted by Gasteiger charge is 2.32. The molecule has 4 rings (SSSR count). The molecule has 1 aliphatic rings. The minimum atomic E-state index is -0.0345. The van der Waals surface area contributed by atoms with Gasteiger partial charge in [-0.15, -0.1) is 0 Å². The number of rotatable bonds is 6. The van der Waals surface area contributed by atoms with Crippen LogP contribution in [-0.2, 0) is 4.79 Å². The second-order valence-corrected chi connectivity index (χ2v) is 7.15. The van der Waals surface area contributed by atoms with Crippen molar-refractivity contribution in [2.45, 2.75) is 18.9 Å². The molecule has 1 unspecified atom stereocenters. The summed E-state index contributed by atoms with van der Waals surface area (Å²) in [5, 5.41) is 2.24. The minimum Gasteiger partial charge on any atom is -0.497 e. The van der Waals surface area contributed by atoms with E-state index >= 15 is 0 Å². The molecule has 5 heteroatoms. The molecule has 150 valence electrons. The van der Waals surface area contributed by atoms with E-state index in [0.29, 0.717) is 12.3 Å². The van der Waals surface area contributed by atoms with Crippen LogP contribution in [0.25, 0.3) is 10.8 Å². The van der Waals surface area contributed by atoms with Gasteiger partial charge in [0.1, 0.15) is 17.2 Å². The topological polar surface area (TPSA) is 48.0 Å². The van der Waals surface area contributed by atoms with Gasteiger partial charge in [0.25, 0.3) is 5.91 Å². The van der Waals surface area contributed by atoms with Gasteiger partial charge in [0.15, 0.2) is 6.61 Å². The monoisotopic (exact) mass is 391 g/mol. The standard InChI is InChI=1S/C24H25NO4/c1-27-19-11-12-23(28-2)21(15-19)22-8-5-13-25(22)24(26)16-29-20-10-9-17-6-3-4-7-18(17)14-20/h3-4,6-7,9-12,14-15,22H,5,8,13,16H2,1-2H3. The predicted octanol–water partition coefficient (Wildman–Crippen LogP) is 4.60. The molecule has 3 aromatic rings. The van der Waals surface area contributed by atoms with E-state index in [2.05, 4.69) is 6.07 Å². The van der Waals surface area contributed by atoms with Gasteiger partial charge in [0.2, 0.25) is 0 Å². The Bertz CT molecular complexity index is 1020. The maximum atomic E-state index is 12.9. The van der Waals surface area contributed by atoms with Crippen LogP contribution in [0.2, 0.25) is 0 Å². The molecule has 0 saturated carbocycles. The summed E-state index contributed by atoms with van der Waals surface area (Å²) in [7, 11) is 3.29. The van der Waals surface area contributed by atoms with E-state index in [1.54, 1.807) is 14.2 Å². The van der Waals surface area contributed by atoms with Crippen molar-refractivity contribution < 1.29 is 19.0 Å². The van der Waals surface area contributed by atoms with Crippen molar-refractivity contribution in [3.8, 4) is 17.2 Å². The van der Waals surface area contributed by atoms with E-state index in [4.69, 9.17) is 14.2 Å². The lowest BCUT2D eigenvalue weighted by atomic mass is 10.0. The number of amides is 1. The molecule has 29 heavy (non-hydrogen) atoms. The van der Waals surface area contributed by atoms with E-state index < -0.39 is 0 Å². The van der Waals surface area contributed by atoms with Gasteiger partial charge >= 0.3 is 0 Å². The third-order valence-electron chi connectivity index (χ3n) is 5.45. The van der Waals surface area contributed by atoms with Gasteiger partial charge in [0.05, 0.1) is 20.3 Å². The minimum absolute atomic E-state index is 0.0150. The number of hydrogen-bond donors (Lipinski definition) is 0. The summed E-state index contributed by atoms with van der Waals surface area (Å²) in [5.74, 6) is 2.20. The normalized spacial score (nSPS) is 16.1. The molecule has 1 saturated heterocycles. The van der Waals surface area contributed by atoms with E-state index in [-0.39, 0.29) is 18.6 Å². The summed E-state index contributed by atoms with van der Waals surface area (Å²) >= 11 is 0. The highest BCUT2D eigenvalue weighted by molar-refractivity contribution is 5.84. The number of benzene rings is 3. The maximum absolute atomic E-state index is 12.9. The van der Waals surface area contributed by atoms with Gasteiger partial charge in [0, 0.05) is 12.1 Å². The fraction of sp³-hybridized carbons (Fsp3) is 0.292. The Kier molecular flexibility index (Phi) is 5.56. The third kappa shape index (κ3) is 3.99. The number of fused-ring (bicyclic) bond motifs is 1. The first-order valence-corrected chi connectivity index (χ1v) is 9.82. The van der Waals surface area contributed by atoms with Crippen LogP contribution in [0.4, 0.5) is 0 Å². The Morgan fingerprint density at radius 2 is 1.76 bits per heavy atom. The van der Waals surface area contributed by atoms with Crippen LogP contribution in [0.5, 0.6) is 17.2 Å². The third-order valence-corrected chi connectivity index (χ3v) is 5.45. The Morgan fingerprint density at radius 3 is 2.55 bits per heavy atom. The SMILES string of the molecule is COc1ccc(OC)c(C2CCCN2C(=O)COc2ccc3ccccc3c2)c1. The van der Waals surface area contributed by atoms with Crippen LogP contribution in [0.3, 0.4) is 0 Å². The Hall–Kier alpha value is -3.21. The van der Waals surface area contributed by atoms with E-state index in [9.17, 15) is 4.79 Å². The Balaban J connectivity index is 1.49. The zero-order chi connectivity index (χ0) is 20.2. The summed E-state index contributed by atoms with van der Waals surface area (Å²) in [6, 6.07) is 19.7. The molecular weight excluding hydrogens is 366 g/mol. The first-order valence-electron chi connectivity index (χ1n) is 9.82. The second kappa shape index (κ2) is 8.43. The van der Waals surface area contributed by atoms with Crippen molar-refractivity contribution in [3.05, 3.63) is 66.2 Å². The summed E-state index contributed by atoms with van der Waals surface area (Å²) in [6.45, 7) is 0.728. The van der Waals surface area contributed by atoms with Gasteiger partial charge < -0.3 is 19.1 Å². The van der Waals surface area contributed by atoms with Crippen molar-refractivity contribution in [2.24, 2.45) is 0 Å². The molecule has 3 aromatic carbocycles. The molecule has 1 amide bonds. The van der Waals surface area contributed by atoms with Gasteiger partial charge in [-0.25, -0.2) is 0 Å². The van der Waals surface area contributed by atoms with Crippen LogP contribution in [0, 0.1) is 0 Å². The molecular formula is C24H25NO4. The lowest BCUT2D eigenvalue weighted by molar-refractivity contribution is -0.134. The van der Waals surface area contributed by atoms with Gasteiger partial charge in [-0.2, -0.15) is 0 Å². The van der Waals surface area contributed by atoms with Crippen LogP contribution in [-0.4, -0.2) is 38.2 Å². The number of carbonyl (C=O) groups excluding carboxylic acids is 1. The Morgan fingerprint density at radius 1 is 0.966 bits per heavy atom. The van der Waals surface area contributed by atoms with Crippen molar-refractivity contribution >= 4 is 16.7 Å². The first-order chi connectivity index (χ1) is 14.2. The van der Waals surface area contributed by atoms with Crippen molar-refractivity contribution in [2.75, 3.05) is 27.4 Å². The summed E-state index contributed by atoms with van der Waals surface area (Å²) in [4.78, 5) is 14.8. The molecule has 1 atom stereocenters.